The van der Waals surface area contributed by atoms with Crippen LogP contribution in [0.4, 0.5) is 4.39 Å². The number of aryl methyl sites for hydroxylation is 1. The highest BCUT2D eigenvalue weighted by molar-refractivity contribution is 7.80. The first-order valence-electron chi connectivity index (χ1n) is 3.96. The average molecular weight is 195 g/mol. The van der Waals surface area contributed by atoms with E-state index >= 15 is 0 Å². The Hall–Kier alpha value is -1.01. The number of pyridine rings is 1. The fourth-order valence-electron chi connectivity index (χ4n) is 0.873. The van der Waals surface area contributed by atoms with E-state index in [1.54, 1.807) is 6.92 Å². The van der Waals surface area contributed by atoms with Gasteiger partial charge in [0.1, 0.15) is 11.5 Å². The molecule has 3 heteroatoms. The monoisotopic (exact) mass is 195 g/mol. The second kappa shape index (κ2) is 4.88. The van der Waals surface area contributed by atoms with Crippen LogP contribution < -0.4 is 0 Å². The number of thiol groups is 1. The summed E-state index contributed by atoms with van der Waals surface area (Å²) in [6.07, 6.45) is 1.90. The van der Waals surface area contributed by atoms with Crippen molar-refractivity contribution in [3.63, 3.8) is 0 Å². The van der Waals surface area contributed by atoms with Crippen molar-refractivity contribution < 1.29 is 4.39 Å². The summed E-state index contributed by atoms with van der Waals surface area (Å²) >= 11 is 4.03. The molecule has 0 saturated carbocycles. The molecule has 0 N–H and O–H groups in total. The van der Waals surface area contributed by atoms with Gasteiger partial charge in [0.05, 0.1) is 6.20 Å². The highest BCUT2D eigenvalue weighted by Crippen LogP contribution is 2.04. The molecule has 0 aromatic carbocycles. The molecule has 0 spiro atoms. The van der Waals surface area contributed by atoms with Crippen molar-refractivity contribution in [3.8, 4) is 11.8 Å². The number of halogens is 1. The Morgan fingerprint density at radius 3 is 3.00 bits per heavy atom. The molecule has 0 saturated heterocycles. The number of rotatable bonds is 1. The van der Waals surface area contributed by atoms with Gasteiger partial charge in [0, 0.05) is 12.2 Å². The highest BCUT2D eigenvalue weighted by atomic mass is 32.1. The van der Waals surface area contributed by atoms with Gasteiger partial charge in [-0.3, -0.25) is 0 Å². The Labute approximate surface area is 82.8 Å². The summed E-state index contributed by atoms with van der Waals surface area (Å²) in [6.45, 7) is 1.79. The van der Waals surface area contributed by atoms with Crippen LogP contribution in [0.25, 0.3) is 0 Å². The van der Waals surface area contributed by atoms with Gasteiger partial charge in [-0.2, -0.15) is 12.6 Å². The van der Waals surface area contributed by atoms with Gasteiger partial charge in [-0.25, -0.2) is 9.37 Å². The first kappa shape index (κ1) is 10.1. The van der Waals surface area contributed by atoms with Gasteiger partial charge in [0.25, 0.3) is 0 Å². The van der Waals surface area contributed by atoms with Crippen LogP contribution in [0.2, 0.25) is 0 Å². The minimum Gasteiger partial charge on any atom is -0.244 e. The summed E-state index contributed by atoms with van der Waals surface area (Å²) < 4.78 is 12.6. The van der Waals surface area contributed by atoms with Crippen LogP contribution in [0.5, 0.6) is 0 Å². The predicted molar refractivity (Wildman–Crippen MR) is 54.3 cm³/mol. The van der Waals surface area contributed by atoms with E-state index in [1.165, 1.54) is 12.3 Å². The molecule has 0 radical (unpaired) electrons. The topological polar surface area (TPSA) is 12.9 Å². The molecule has 1 aromatic heterocycles. The molecule has 0 aliphatic rings. The fourth-order valence-corrected chi connectivity index (χ4v) is 0.985. The van der Waals surface area contributed by atoms with Gasteiger partial charge < -0.3 is 0 Å². The Kier molecular flexibility index (Phi) is 3.78. The summed E-state index contributed by atoms with van der Waals surface area (Å²) in [6, 6.07) is 1.43. The lowest BCUT2D eigenvalue weighted by molar-refractivity contribution is 0.619. The van der Waals surface area contributed by atoms with E-state index in [0.29, 0.717) is 5.69 Å². The van der Waals surface area contributed by atoms with Crippen molar-refractivity contribution in [3.05, 3.63) is 29.3 Å². The maximum absolute atomic E-state index is 12.6. The van der Waals surface area contributed by atoms with Gasteiger partial charge in [-0.1, -0.05) is 5.92 Å². The van der Waals surface area contributed by atoms with E-state index in [1.807, 2.05) is 0 Å². The Morgan fingerprint density at radius 2 is 2.38 bits per heavy atom. The van der Waals surface area contributed by atoms with E-state index in [-0.39, 0.29) is 5.82 Å². The zero-order chi connectivity index (χ0) is 9.68. The SMILES string of the molecule is Cc1cc(F)cnc1C#CCCS. The molecule has 0 bridgehead atoms. The van der Waals surface area contributed by atoms with Crippen LogP contribution in [0.1, 0.15) is 17.7 Å². The van der Waals surface area contributed by atoms with Crippen LogP contribution in [0.15, 0.2) is 12.3 Å². The van der Waals surface area contributed by atoms with Gasteiger partial charge in [-0.05, 0) is 24.5 Å². The second-order valence-electron chi connectivity index (χ2n) is 2.59. The predicted octanol–water partition coefficient (Wildman–Crippen LogP) is 2.20. The van der Waals surface area contributed by atoms with Gasteiger partial charge in [0.2, 0.25) is 0 Å². The molecule has 0 aliphatic heterocycles. The lowest BCUT2D eigenvalue weighted by atomic mass is 10.2. The smallest absolute Gasteiger partial charge is 0.141 e. The highest BCUT2D eigenvalue weighted by Gasteiger charge is 1.96. The van der Waals surface area contributed by atoms with Crippen molar-refractivity contribution in [2.45, 2.75) is 13.3 Å². The minimum atomic E-state index is -0.322. The third-order valence-electron chi connectivity index (χ3n) is 1.49. The number of nitrogens with zero attached hydrogens (tertiary/aromatic N) is 1. The molecule has 13 heavy (non-hydrogen) atoms. The van der Waals surface area contributed by atoms with Crippen molar-refractivity contribution in [1.29, 1.82) is 0 Å². The summed E-state index contributed by atoms with van der Waals surface area (Å²) in [5.74, 6) is 6.17. The van der Waals surface area contributed by atoms with E-state index in [9.17, 15) is 4.39 Å². The summed E-state index contributed by atoms with van der Waals surface area (Å²) in [7, 11) is 0. The van der Waals surface area contributed by atoms with Crippen LogP contribution in [-0.4, -0.2) is 10.7 Å². The van der Waals surface area contributed by atoms with E-state index in [4.69, 9.17) is 0 Å². The molecule has 0 amide bonds. The maximum Gasteiger partial charge on any atom is 0.141 e. The summed E-state index contributed by atoms with van der Waals surface area (Å²) in [5.41, 5.74) is 1.41. The molecule has 1 nitrogen and oxygen atoms in total. The quantitative estimate of drug-likeness (QED) is 0.535. The van der Waals surface area contributed by atoms with Crippen LogP contribution in [0, 0.1) is 24.6 Å². The molecular weight excluding hydrogens is 185 g/mol. The molecule has 68 valence electrons. The first-order valence-corrected chi connectivity index (χ1v) is 4.59. The lowest BCUT2D eigenvalue weighted by Crippen LogP contribution is -1.89. The fraction of sp³-hybridized carbons (Fsp3) is 0.300. The average Bonchev–Trinajstić information content (AvgIpc) is 2.09. The molecule has 0 aliphatic carbocycles. The molecule has 0 atom stereocenters. The van der Waals surface area contributed by atoms with Crippen LogP contribution in [-0.2, 0) is 0 Å². The number of hydrogen-bond acceptors (Lipinski definition) is 2. The zero-order valence-corrected chi connectivity index (χ0v) is 8.24. The normalized spacial score (nSPS) is 9.15. The van der Waals surface area contributed by atoms with Crippen molar-refractivity contribution in [2.24, 2.45) is 0 Å². The number of aromatic nitrogens is 1. The summed E-state index contributed by atoms with van der Waals surface area (Å²) in [5, 5.41) is 0. The van der Waals surface area contributed by atoms with Crippen LogP contribution in [0.3, 0.4) is 0 Å². The maximum atomic E-state index is 12.6. The zero-order valence-electron chi connectivity index (χ0n) is 7.34. The molecule has 1 aromatic rings. The van der Waals surface area contributed by atoms with Gasteiger partial charge in [0.15, 0.2) is 0 Å². The Morgan fingerprint density at radius 1 is 1.62 bits per heavy atom. The first-order chi connectivity index (χ1) is 6.24. The molecule has 1 rings (SSSR count). The van der Waals surface area contributed by atoms with Crippen LogP contribution >= 0.6 is 12.6 Å². The molecule has 0 unspecified atom stereocenters. The van der Waals surface area contributed by atoms with E-state index in [2.05, 4.69) is 29.5 Å². The van der Waals surface area contributed by atoms with E-state index in [0.717, 1.165) is 17.7 Å². The third kappa shape index (κ3) is 3.08. The Bertz CT molecular complexity index is 352. The van der Waals surface area contributed by atoms with E-state index < -0.39 is 0 Å². The van der Waals surface area contributed by atoms with Gasteiger partial charge in [-0.15, -0.1) is 0 Å². The molecule has 1 heterocycles. The summed E-state index contributed by atoms with van der Waals surface area (Å²) in [4.78, 5) is 3.88. The Balaban J connectivity index is 2.85. The van der Waals surface area contributed by atoms with Crippen molar-refractivity contribution >= 4 is 12.6 Å². The molecule has 0 fully saturated rings. The van der Waals surface area contributed by atoms with Gasteiger partial charge >= 0.3 is 0 Å². The lowest BCUT2D eigenvalue weighted by Gasteiger charge is -1.95. The van der Waals surface area contributed by atoms with Crippen molar-refractivity contribution in [1.82, 2.24) is 4.98 Å². The number of hydrogen-bond donors (Lipinski definition) is 1. The molecular formula is C10H10FNS. The minimum absolute atomic E-state index is 0.322. The standard InChI is InChI=1S/C10H10FNS/c1-8-6-9(11)7-12-10(8)4-2-3-5-13/h6-7,13H,3,5H2,1H3. The van der Waals surface area contributed by atoms with Crippen molar-refractivity contribution in [2.75, 3.05) is 5.75 Å². The third-order valence-corrected chi connectivity index (χ3v) is 1.71. The second-order valence-corrected chi connectivity index (χ2v) is 3.04. The largest absolute Gasteiger partial charge is 0.244 e.